The molecule has 0 bridgehead atoms. The maximum absolute atomic E-state index is 5.94. The van der Waals surface area contributed by atoms with Gasteiger partial charge in [0.25, 0.3) is 0 Å². The lowest BCUT2D eigenvalue weighted by molar-refractivity contribution is 0.223. The monoisotopic (exact) mass is 361 g/mol. The molecule has 0 unspecified atom stereocenters. The van der Waals surface area contributed by atoms with Gasteiger partial charge in [0.15, 0.2) is 0 Å². The summed E-state index contributed by atoms with van der Waals surface area (Å²) in [6.07, 6.45) is 0. The highest BCUT2D eigenvalue weighted by molar-refractivity contribution is 5.65. The zero-order chi connectivity index (χ0) is 18.9. The normalized spacial score (nSPS) is 10.8. The Kier molecular flexibility index (Phi) is 6.89. The van der Waals surface area contributed by atoms with Crippen molar-refractivity contribution < 1.29 is 9.47 Å². The first-order valence-corrected chi connectivity index (χ1v) is 9.57. The number of hydrogen-bond acceptors (Lipinski definition) is 3. The number of para-hydroxylation sites is 1. The van der Waals surface area contributed by atoms with E-state index in [1.54, 1.807) is 0 Å². The van der Waals surface area contributed by atoms with Crippen LogP contribution in [-0.4, -0.2) is 31.1 Å². The van der Waals surface area contributed by atoms with Gasteiger partial charge >= 0.3 is 0 Å². The molecule has 0 saturated carbocycles. The van der Waals surface area contributed by atoms with E-state index < -0.39 is 0 Å². The summed E-state index contributed by atoms with van der Waals surface area (Å²) in [5.74, 6) is 2.58. The largest absolute Gasteiger partial charge is 0.492 e. The van der Waals surface area contributed by atoms with Gasteiger partial charge < -0.3 is 14.4 Å². The zero-order valence-corrected chi connectivity index (χ0v) is 16.1. The van der Waals surface area contributed by atoms with Gasteiger partial charge in [-0.1, -0.05) is 56.3 Å². The third-order valence-corrected chi connectivity index (χ3v) is 4.57. The molecule has 3 rings (SSSR count). The van der Waals surface area contributed by atoms with Crippen molar-refractivity contribution in [1.29, 1.82) is 0 Å². The number of ether oxygens (including phenoxy) is 2. The third-order valence-electron chi connectivity index (χ3n) is 4.57. The molecule has 0 amide bonds. The predicted molar refractivity (Wildman–Crippen MR) is 112 cm³/mol. The predicted octanol–water partition coefficient (Wildman–Crippen LogP) is 5.87. The van der Waals surface area contributed by atoms with E-state index in [0.717, 1.165) is 48.0 Å². The molecule has 3 heteroatoms. The standard InChI is InChI=1S/C24H27NO2/c1-3-25(4-2)17-18-26-24-12-8-9-21(19-24)20-13-15-23(16-14-20)27-22-10-6-5-7-11-22/h5-16,19H,3-4,17-18H2,1-2H3. The van der Waals surface area contributed by atoms with Gasteiger partial charge in [0.1, 0.15) is 23.9 Å². The molecule has 140 valence electrons. The van der Waals surface area contributed by atoms with E-state index in [1.165, 1.54) is 0 Å². The fourth-order valence-corrected chi connectivity index (χ4v) is 2.94. The lowest BCUT2D eigenvalue weighted by Gasteiger charge is -2.18. The number of likely N-dealkylation sites (N-methyl/N-ethyl adjacent to an activating group) is 1. The van der Waals surface area contributed by atoms with Crippen LogP contribution < -0.4 is 9.47 Å². The van der Waals surface area contributed by atoms with Gasteiger partial charge in [0.05, 0.1) is 0 Å². The Bertz CT molecular complexity index is 811. The molecule has 0 N–H and O–H groups in total. The molecule has 0 atom stereocenters. The summed E-state index contributed by atoms with van der Waals surface area (Å²) in [4.78, 5) is 2.36. The van der Waals surface area contributed by atoms with E-state index in [1.807, 2.05) is 54.6 Å². The van der Waals surface area contributed by atoms with Gasteiger partial charge in [-0.05, 0) is 60.6 Å². The maximum Gasteiger partial charge on any atom is 0.127 e. The van der Waals surface area contributed by atoms with Gasteiger partial charge in [-0.2, -0.15) is 0 Å². The molecule has 0 heterocycles. The van der Waals surface area contributed by atoms with Crippen LogP contribution in [0.3, 0.4) is 0 Å². The Morgan fingerprint density at radius 3 is 2.04 bits per heavy atom. The topological polar surface area (TPSA) is 21.7 Å². The van der Waals surface area contributed by atoms with Crippen molar-refractivity contribution in [2.75, 3.05) is 26.2 Å². The summed E-state index contributed by atoms with van der Waals surface area (Å²) < 4.78 is 11.8. The minimum Gasteiger partial charge on any atom is -0.492 e. The number of hydrogen-bond donors (Lipinski definition) is 0. The first kappa shape index (κ1) is 19.0. The van der Waals surface area contributed by atoms with E-state index in [9.17, 15) is 0 Å². The first-order valence-electron chi connectivity index (χ1n) is 9.57. The molecule has 3 aromatic rings. The molecular formula is C24H27NO2. The van der Waals surface area contributed by atoms with Crippen LogP contribution in [0.25, 0.3) is 11.1 Å². The van der Waals surface area contributed by atoms with E-state index >= 15 is 0 Å². The lowest BCUT2D eigenvalue weighted by atomic mass is 10.1. The second kappa shape index (κ2) is 9.79. The van der Waals surface area contributed by atoms with Gasteiger partial charge in [-0.25, -0.2) is 0 Å². The van der Waals surface area contributed by atoms with E-state index in [-0.39, 0.29) is 0 Å². The van der Waals surface area contributed by atoms with Crippen molar-refractivity contribution >= 4 is 0 Å². The first-order chi connectivity index (χ1) is 13.3. The fourth-order valence-electron chi connectivity index (χ4n) is 2.94. The molecule has 0 fully saturated rings. The van der Waals surface area contributed by atoms with Gasteiger partial charge in [-0.15, -0.1) is 0 Å². The Hall–Kier alpha value is -2.78. The summed E-state index contributed by atoms with van der Waals surface area (Å²) >= 11 is 0. The molecule has 27 heavy (non-hydrogen) atoms. The van der Waals surface area contributed by atoms with Crippen molar-refractivity contribution in [1.82, 2.24) is 4.90 Å². The second-order valence-electron chi connectivity index (χ2n) is 6.34. The molecule has 3 nitrogen and oxygen atoms in total. The van der Waals surface area contributed by atoms with Crippen molar-refractivity contribution in [3.8, 4) is 28.4 Å². The van der Waals surface area contributed by atoms with Crippen LogP contribution in [0.2, 0.25) is 0 Å². The Morgan fingerprint density at radius 1 is 0.667 bits per heavy atom. The van der Waals surface area contributed by atoms with Crippen molar-refractivity contribution in [3.63, 3.8) is 0 Å². The molecule has 0 aromatic heterocycles. The van der Waals surface area contributed by atoms with Crippen LogP contribution in [-0.2, 0) is 0 Å². The SMILES string of the molecule is CCN(CC)CCOc1cccc(-c2ccc(Oc3ccccc3)cc2)c1. The van der Waals surface area contributed by atoms with Crippen molar-refractivity contribution in [3.05, 3.63) is 78.9 Å². The fraction of sp³-hybridized carbons (Fsp3) is 0.250. The van der Waals surface area contributed by atoms with E-state index in [0.29, 0.717) is 6.61 Å². The van der Waals surface area contributed by atoms with Gasteiger partial charge in [0.2, 0.25) is 0 Å². The van der Waals surface area contributed by atoms with Gasteiger partial charge in [0, 0.05) is 6.54 Å². The van der Waals surface area contributed by atoms with Gasteiger partial charge in [-0.3, -0.25) is 0 Å². The molecule has 3 aromatic carbocycles. The molecule has 0 aliphatic carbocycles. The Balaban J connectivity index is 1.62. The highest BCUT2D eigenvalue weighted by Crippen LogP contribution is 2.27. The quantitative estimate of drug-likeness (QED) is 0.476. The molecule has 0 saturated heterocycles. The van der Waals surface area contributed by atoms with Crippen molar-refractivity contribution in [2.24, 2.45) is 0 Å². The summed E-state index contributed by atoms with van der Waals surface area (Å²) in [6, 6.07) is 26.2. The highest BCUT2D eigenvalue weighted by atomic mass is 16.5. The van der Waals surface area contributed by atoms with Crippen LogP contribution in [0.1, 0.15) is 13.8 Å². The second-order valence-corrected chi connectivity index (χ2v) is 6.34. The lowest BCUT2D eigenvalue weighted by Crippen LogP contribution is -2.27. The zero-order valence-electron chi connectivity index (χ0n) is 16.1. The number of rotatable bonds is 9. The Morgan fingerprint density at radius 2 is 1.33 bits per heavy atom. The molecule has 0 radical (unpaired) electrons. The highest BCUT2D eigenvalue weighted by Gasteiger charge is 2.03. The molecule has 0 aliphatic rings. The minimum atomic E-state index is 0.703. The minimum absolute atomic E-state index is 0.703. The maximum atomic E-state index is 5.94. The average molecular weight is 361 g/mol. The van der Waals surface area contributed by atoms with Crippen LogP contribution in [0.5, 0.6) is 17.2 Å². The summed E-state index contributed by atoms with van der Waals surface area (Å²) in [5.41, 5.74) is 2.28. The smallest absolute Gasteiger partial charge is 0.127 e. The van der Waals surface area contributed by atoms with Crippen molar-refractivity contribution in [2.45, 2.75) is 13.8 Å². The number of nitrogens with zero attached hydrogens (tertiary/aromatic N) is 1. The van der Waals surface area contributed by atoms with Crippen LogP contribution >= 0.6 is 0 Å². The van der Waals surface area contributed by atoms with Crippen LogP contribution in [0.15, 0.2) is 78.9 Å². The van der Waals surface area contributed by atoms with Crippen LogP contribution in [0.4, 0.5) is 0 Å². The van der Waals surface area contributed by atoms with Crippen LogP contribution in [0, 0.1) is 0 Å². The summed E-state index contributed by atoms with van der Waals surface area (Å²) in [5, 5.41) is 0. The molecular weight excluding hydrogens is 334 g/mol. The van der Waals surface area contributed by atoms with E-state index in [4.69, 9.17) is 9.47 Å². The summed E-state index contributed by atoms with van der Waals surface area (Å²) in [7, 11) is 0. The molecule has 0 spiro atoms. The summed E-state index contributed by atoms with van der Waals surface area (Å²) in [6.45, 7) is 8.11. The van der Waals surface area contributed by atoms with E-state index in [2.05, 4.69) is 43.0 Å². The number of benzene rings is 3. The third kappa shape index (κ3) is 5.60. The molecule has 0 aliphatic heterocycles. The average Bonchev–Trinajstić information content (AvgIpc) is 2.73. The Labute approximate surface area is 162 Å².